The van der Waals surface area contributed by atoms with Crippen molar-refractivity contribution in [2.75, 3.05) is 19.3 Å². The summed E-state index contributed by atoms with van der Waals surface area (Å²) in [4.78, 5) is 19.1. The first-order chi connectivity index (χ1) is 15.2. The molecular formula is C22H24F2N4O3S. The summed E-state index contributed by atoms with van der Waals surface area (Å²) in [5.74, 6) is -1.53. The minimum Gasteiger partial charge on any atom is -0.342 e. The van der Waals surface area contributed by atoms with Crippen LogP contribution in [0.3, 0.4) is 0 Å². The molecule has 10 heteroatoms. The highest BCUT2D eigenvalue weighted by Gasteiger charge is 2.24. The molecule has 32 heavy (non-hydrogen) atoms. The topological polar surface area (TPSA) is 83.8 Å². The molecule has 0 spiro atoms. The maximum atomic E-state index is 14.5. The summed E-state index contributed by atoms with van der Waals surface area (Å²) in [6.45, 7) is 0.938. The van der Waals surface area contributed by atoms with Gasteiger partial charge in [0.1, 0.15) is 11.6 Å². The first-order valence-electron chi connectivity index (χ1n) is 10.4. The number of rotatable bonds is 5. The van der Waals surface area contributed by atoms with E-state index in [-0.39, 0.29) is 23.9 Å². The van der Waals surface area contributed by atoms with Crippen LogP contribution in [0.2, 0.25) is 0 Å². The van der Waals surface area contributed by atoms with Crippen molar-refractivity contribution in [1.82, 2.24) is 19.0 Å². The van der Waals surface area contributed by atoms with Crippen LogP contribution in [0.25, 0.3) is 16.6 Å². The smallest absolute Gasteiger partial charge is 0.228 e. The van der Waals surface area contributed by atoms with E-state index in [4.69, 9.17) is 0 Å². The number of amides is 1. The molecule has 1 N–H and O–H groups in total. The molecule has 0 saturated carbocycles. The molecule has 0 bridgehead atoms. The van der Waals surface area contributed by atoms with E-state index in [0.717, 1.165) is 6.26 Å². The number of halogens is 2. The zero-order valence-corrected chi connectivity index (χ0v) is 18.4. The van der Waals surface area contributed by atoms with E-state index in [1.54, 1.807) is 27.6 Å². The fourth-order valence-electron chi connectivity index (χ4n) is 4.23. The van der Waals surface area contributed by atoms with Crippen molar-refractivity contribution in [3.05, 3.63) is 60.2 Å². The van der Waals surface area contributed by atoms with Gasteiger partial charge in [0.25, 0.3) is 0 Å². The van der Waals surface area contributed by atoms with Crippen LogP contribution in [0.1, 0.15) is 25.0 Å². The average Bonchev–Trinajstić information content (AvgIpc) is 2.98. The predicted octanol–water partition coefficient (Wildman–Crippen LogP) is 2.75. The molecule has 1 aromatic carbocycles. The van der Waals surface area contributed by atoms with Crippen LogP contribution in [0.4, 0.5) is 8.78 Å². The fourth-order valence-corrected chi connectivity index (χ4v) is 5.07. The second-order valence-electron chi connectivity index (χ2n) is 8.04. The predicted molar refractivity (Wildman–Crippen MR) is 116 cm³/mol. The monoisotopic (exact) mass is 462 g/mol. The van der Waals surface area contributed by atoms with E-state index in [1.807, 2.05) is 0 Å². The number of benzene rings is 1. The van der Waals surface area contributed by atoms with Crippen LogP contribution < -0.4 is 4.72 Å². The highest BCUT2D eigenvalue weighted by Crippen LogP contribution is 2.31. The molecule has 1 aliphatic rings. The Morgan fingerprint density at radius 1 is 1.16 bits per heavy atom. The molecule has 7 nitrogen and oxygen atoms in total. The molecule has 3 heterocycles. The summed E-state index contributed by atoms with van der Waals surface area (Å²) >= 11 is 0. The number of imidazole rings is 1. The van der Waals surface area contributed by atoms with Crippen molar-refractivity contribution in [2.24, 2.45) is 0 Å². The van der Waals surface area contributed by atoms with E-state index in [1.165, 1.54) is 24.5 Å². The summed E-state index contributed by atoms with van der Waals surface area (Å²) in [6, 6.07) is 6.78. The van der Waals surface area contributed by atoms with Crippen LogP contribution in [0, 0.1) is 11.6 Å². The second-order valence-corrected chi connectivity index (χ2v) is 9.82. The van der Waals surface area contributed by atoms with Gasteiger partial charge in [-0.1, -0.05) is 12.1 Å². The highest BCUT2D eigenvalue weighted by molar-refractivity contribution is 7.88. The molecule has 0 unspecified atom stereocenters. The van der Waals surface area contributed by atoms with Crippen molar-refractivity contribution in [3.8, 4) is 11.1 Å². The Morgan fingerprint density at radius 2 is 1.91 bits per heavy atom. The summed E-state index contributed by atoms with van der Waals surface area (Å²) < 4.78 is 56.2. The molecule has 3 aromatic rings. The maximum absolute atomic E-state index is 14.5. The zero-order chi connectivity index (χ0) is 22.9. The molecule has 1 aliphatic heterocycles. The number of aromatic nitrogens is 2. The number of fused-ring (bicyclic) bond motifs is 1. The van der Waals surface area contributed by atoms with E-state index >= 15 is 0 Å². The van der Waals surface area contributed by atoms with Gasteiger partial charge in [0.2, 0.25) is 15.9 Å². The quantitative estimate of drug-likeness (QED) is 0.632. The number of carbonyl (C=O) groups is 1. The fraction of sp³-hybridized carbons (Fsp3) is 0.364. The lowest BCUT2D eigenvalue weighted by Gasteiger charge is -2.20. The lowest BCUT2D eigenvalue weighted by Crippen LogP contribution is -2.36. The standard InChI is InChI=1S/C22H24F2N4O3S/c1-32(30,31)26-15-5-3-10-27(12-9-15)20(29)13-19-22-16(6-4-11-28(22)14-25-19)21-17(23)7-2-8-18(21)24/h2,4,6-8,11,14-15,26H,3,5,9-10,12-13H2,1H3/t15-/m0/s1. The van der Waals surface area contributed by atoms with Gasteiger partial charge in [0.15, 0.2) is 0 Å². The van der Waals surface area contributed by atoms with Crippen LogP contribution in [-0.2, 0) is 21.2 Å². The number of nitrogens with one attached hydrogen (secondary N) is 1. The van der Waals surface area contributed by atoms with Crippen molar-refractivity contribution in [2.45, 2.75) is 31.7 Å². The largest absolute Gasteiger partial charge is 0.342 e. The first kappa shape index (κ1) is 22.3. The lowest BCUT2D eigenvalue weighted by atomic mass is 10.0. The molecule has 0 aliphatic carbocycles. The van der Waals surface area contributed by atoms with Gasteiger partial charge in [0, 0.05) is 30.9 Å². The maximum Gasteiger partial charge on any atom is 0.228 e. The molecular weight excluding hydrogens is 438 g/mol. The van der Waals surface area contributed by atoms with Gasteiger partial charge in [-0.05, 0) is 37.5 Å². The molecule has 2 aromatic heterocycles. The number of sulfonamides is 1. The number of pyridine rings is 1. The number of hydrogen-bond donors (Lipinski definition) is 1. The van der Waals surface area contributed by atoms with Gasteiger partial charge in [-0.15, -0.1) is 0 Å². The van der Waals surface area contributed by atoms with E-state index in [2.05, 4.69) is 9.71 Å². The van der Waals surface area contributed by atoms with Crippen LogP contribution in [0.15, 0.2) is 42.9 Å². The van der Waals surface area contributed by atoms with Crippen molar-refractivity contribution < 1.29 is 22.0 Å². The third kappa shape index (κ3) is 4.81. The SMILES string of the molecule is CS(=O)(=O)N[C@H]1CCCN(C(=O)Cc2ncn3cccc(-c4c(F)cccc4F)c23)CC1. The number of nitrogens with zero attached hydrogens (tertiary/aromatic N) is 3. The Labute approximate surface area is 185 Å². The van der Waals surface area contributed by atoms with Crippen molar-refractivity contribution in [1.29, 1.82) is 0 Å². The third-order valence-corrected chi connectivity index (χ3v) is 6.41. The molecule has 1 atom stereocenters. The van der Waals surface area contributed by atoms with Crippen LogP contribution >= 0.6 is 0 Å². The third-order valence-electron chi connectivity index (χ3n) is 5.65. The zero-order valence-electron chi connectivity index (χ0n) is 17.6. The van der Waals surface area contributed by atoms with Crippen LogP contribution in [0.5, 0.6) is 0 Å². The highest BCUT2D eigenvalue weighted by atomic mass is 32.2. The van der Waals surface area contributed by atoms with Gasteiger partial charge in [0.05, 0.1) is 35.8 Å². The van der Waals surface area contributed by atoms with E-state index in [9.17, 15) is 22.0 Å². The van der Waals surface area contributed by atoms with E-state index < -0.39 is 21.7 Å². The van der Waals surface area contributed by atoms with Gasteiger partial charge in [-0.3, -0.25) is 4.79 Å². The van der Waals surface area contributed by atoms with Crippen LogP contribution in [-0.4, -0.2) is 54.0 Å². The second kappa shape index (κ2) is 8.95. The number of carbonyl (C=O) groups excluding carboxylic acids is 1. The Kier molecular flexibility index (Phi) is 6.25. The normalized spacial score (nSPS) is 17.5. The van der Waals surface area contributed by atoms with Crippen molar-refractivity contribution >= 4 is 21.4 Å². The molecule has 1 saturated heterocycles. The molecule has 1 amide bonds. The summed E-state index contributed by atoms with van der Waals surface area (Å²) in [7, 11) is -3.31. The molecule has 4 rings (SSSR count). The lowest BCUT2D eigenvalue weighted by molar-refractivity contribution is -0.130. The minimum atomic E-state index is -3.31. The first-order valence-corrected chi connectivity index (χ1v) is 12.3. The number of hydrogen-bond acceptors (Lipinski definition) is 4. The molecule has 0 radical (unpaired) electrons. The van der Waals surface area contributed by atoms with Crippen molar-refractivity contribution in [3.63, 3.8) is 0 Å². The Hall–Kier alpha value is -2.85. The van der Waals surface area contributed by atoms with Gasteiger partial charge in [-0.2, -0.15) is 0 Å². The van der Waals surface area contributed by atoms with E-state index in [0.29, 0.717) is 49.1 Å². The minimum absolute atomic E-state index is 0.0201. The summed E-state index contributed by atoms with van der Waals surface area (Å²) in [6.07, 6.45) is 6.19. The molecule has 1 fully saturated rings. The van der Waals surface area contributed by atoms with Gasteiger partial charge in [-0.25, -0.2) is 26.9 Å². The van der Waals surface area contributed by atoms with Gasteiger partial charge < -0.3 is 9.30 Å². The summed E-state index contributed by atoms with van der Waals surface area (Å²) in [5, 5.41) is 0. The Morgan fingerprint density at radius 3 is 2.62 bits per heavy atom. The Bertz CT molecular complexity index is 1240. The average molecular weight is 463 g/mol. The number of likely N-dealkylation sites (tertiary alicyclic amines) is 1. The van der Waals surface area contributed by atoms with Gasteiger partial charge >= 0.3 is 0 Å². The molecule has 170 valence electrons. The summed E-state index contributed by atoms with van der Waals surface area (Å²) in [5.41, 5.74) is 1.09. The Balaban J connectivity index is 1.58.